The van der Waals surface area contributed by atoms with Gasteiger partial charge in [-0.3, -0.25) is 19.2 Å². The van der Waals surface area contributed by atoms with Crippen molar-refractivity contribution in [1.29, 1.82) is 0 Å². The second-order valence-corrected chi connectivity index (χ2v) is 10.0. The number of aliphatic carboxylic acids is 2. The number of phenolic OH excluding ortho intramolecular Hbond substituents is 1. The Morgan fingerprint density at radius 1 is 0.921 bits per heavy atom. The van der Waals surface area contributed by atoms with E-state index in [9.17, 15) is 34.2 Å². The minimum atomic E-state index is -1.18. The van der Waals surface area contributed by atoms with Crippen LogP contribution in [0.5, 0.6) is 5.75 Å². The zero-order chi connectivity index (χ0) is 28.8. The first kappa shape index (κ1) is 32.7. The summed E-state index contributed by atoms with van der Waals surface area (Å²) in [7, 11) is 0. The molecule has 0 aliphatic rings. The van der Waals surface area contributed by atoms with Gasteiger partial charge in [0.15, 0.2) is 0 Å². The molecule has 5 unspecified atom stereocenters. The molecular weight excluding hydrogens is 516 g/mol. The van der Waals surface area contributed by atoms with Crippen molar-refractivity contribution in [2.75, 3.05) is 12.0 Å². The van der Waals surface area contributed by atoms with Gasteiger partial charge in [-0.2, -0.15) is 11.8 Å². The number of carboxylic acids is 2. The molecule has 0 heterocycles. The lowest BCUT2D eigenvalue weighted by Crippen LogP contribution is -2.58. The highest BCUT2D eigenvalue weighted by Crippen LogP contribution is 2.13. The van der Waals surface area contributed by atoms with Gasteiger partial charge in [0.2, 0.25) is 17.7 Å². The molecule has 1 aromatic rings. The Bertz CT molecular complexity index is 959. The molecule has 0 fully saturated rings. The van der Waals surface area contributed by atoms with E-state index in [4.69, 9.17) is 10.8 Å². The molecule has 0 radical (unpaired) electrons. The van der Waals surface area contributed by atoms with Crippen molar-refractivity contribution in [2.45, 2.75) is 70.1 Å². The lowest BCUT2D eigenvalue weighted by atomic mass is 9.98. The Morgan fingerprint density at radius 3 is 2.03 bits per heavy atom. The van der Waals surface area contributed by atoms with Gasteiger partial charge >= 0.3 is 11.9 Å². The van der Waals surface area contributed by atoms with Gasteiger partial charge in [0.25, 0.3) is 0 Å². The molecular formula is C25H38N4O8S. The zero-order valence-electron chi connectivity index (χ0n) is 21.8. The number of amides is 3. The zero-order valence-corrected chi connectivity index (χ0v) is 22.6. The van der Waals surface area contributed by atoms with Crippen LogP contribution in [0.3, 0.4) is 0 Å². The van der Waals surface area contributed by atoms with Crippen molar-refractivity contribution >= 4 is 41.4 Å². The second kappa shape index (κ2) is 16.5. The molecule has 13 heteroatoms. The molecule has 0 aliphatic heterocycles. The van der Waals surface area contributed by atoms with Crippen molar-refractivity contribution in [2.24, 2.45) is 11.7 Å². The number of phenols is 1. The Labute approximate surface area is 226 Å². The average molecular weight is 555 g/mol. The Kier molecular flexibility index (Phi) is 14.2. The van der Waals surface area contributed by atoms with Crippen molar-refractivity contribution in [3.8, 4) is 5.75 Å². The van der Waals surface area contributed by atoms with E-state index in [1.807, 2.05) is 6.26 Å². The van der Waals surface area contributed by atoms with Crippen LogP contribution in [0.1, 0.15) is 45.1 Å². The summed E-state index contributed by atoms with van der Waals surface area (Å²) in [6.07, 6.45) is 2.07. The summed E-state index contributed by atoms with van der Waals surface area (Å²) in [5.74, 6) is -4.24. The first-order valence-electron chi connectivity index (χ1n) is 12.3. The summed E-state index contributed by atoms with van der Waals surface area (Å²) in [4.78, 5) is 61.5. The number of benzene rings is 1. The lowest BCUT2D eigenvalue weighted by molar-refractivity contribution is -0.144. The highest BCUT2D eigenvalue weighted by Gasteiger charge is 2.32. The molecule has 0 saturated heterocycles. The molecule has 0 saturated carbocycles. The van der Waals surface area contributed by atoms with Gasteiger partial charge in [-0.15, -0.1) is 0 Å². The number of carbonyl (C=O) groups is 5. The summed E-state index contributed by atoms with van der Waals surface area (Å²) in [6, 6.07) is 1.39. The fourth-order valence-corrected chi connectivity index (χ4v) is 3.95. The van der Waals surface area contributed by atoms with Crippen molar-refractivity contribution < 1.29 is 39.3 Å². The highest BCUT2D eigenvalue weighted by atomic mass is 32.2. The number of hydrogen-bond acceptors (Lipinski definition) is 8. The third-order valence-electron chi connectivity index (χ3n) is 6.04. The molecule has 0 aromatic heterocycles. The number of aromatic hydroxyl groups is 1. The average Bonchev–Trinajstić information content (AvgIpc) is 2.87. The number of rotatable bonds is 17. The highest BCUT2D eigenvalue weighted by molar-refractivity contribution is 7.98. The maximum Gasteiger partial charge on any atom is 0.326 e. The van der Waals surface area contributed by atoms with E-state index in [1.54, 1.807) is 26.0 Å². The Balaban J connectivity index is 3.13. The smallest absolute Gasteiger partial charge is 0.326 e. The minimum absolute atomic E-state index is 0.00894. The maximum absolute atomic E-state index is 13.3. The topological polar surface area (TPSA) is 208 Å². The number of nitrogens with one attached hydrogen (secondary N) is 3. The molecule has 1 aromatic carbocycles. The number of thioether (sulfide) groups is 1. The molecule has 5 atom stereocenters. The number of carbonyl (C=O) groups excluding carboxylic acids is 3. The Morgan fingerprint density at radius 2 is 1.50 bits per heavy atom. The third kappa shape index (κ3) is 11.4. The monoisotopic (exact) mass is 554 g/mol. The number of hydrogen-bond donors (Lipinski definition) is 7. The van der Waals surface area contributed by atoms with E-state index < -0.39 is 53.8 Å². The summed E-state index contributed by atoms with van der Waals surface area (Å²) >= 11 is 1.44. The molecule has 12 nitrogen and oxygen atoms in total. The first-order chi connectivity index (χ1) is 17.9. The van der Waals surface area contributed by atoms with Gasteiger partial charge in [0, 0.05) is 12.8 Å². The van der Waals surface area contributed by atoms with Gasteiger partial charge < -0.3 is 37.0 Å². The predicted octanol–water partition coefficient (Wildman–Crippen LogP) is 0.465. The van der Waals surface area contributed by atoms with Crippen LogP contribution in [-0.2, 0) is 30.4 Å². The fourth-order valence-electron chi connectivity index (χ4n) is 3.48. The first-order valence-corrected chi connectivity index (χ1v) is 13.7. The summed E-state index contributed by atoms with van der Waals surface area (Å²) in [6.45, 7) is 3.50. The van der Waals surface area contributed by atoms with Crippen LogP contribution in [-0.4, -0.2) is 81.2 Å². The van der Waals surface area contributed by atoms with E-state index in [1.165, 1.54) is 23.9 Å². The van der Waals surface area contributed by atoms with Crippen LogP contribution in [0.2, 0.25) is 0 Å². The van der Waals surface area contributed by atoms with Gasteiger partial charge in [0.1, 0.15) is 23.9 Å². The van der Waals surface area contributed by atoms with Crippen LogP contribution in [0, 0.1) is 5.92 Å². The SMILES string of the molecule is CCC(C)C(NC(=O)C(CCSC)NC(=O)C(Cc1ccc(O)cc1)NC(=O)C(N)CCC(=O)O)C(=O)O. The molecule has 8 N–H and O–H groups in total. The van der Waals surface area contributed by atoms with E-state index in [0.717, 1.165) is 0 Å². The van der Waals surface area contributed by atoms with Crippen molar-refractivity contribution in [3.05, 3.63) is 29.8 Å². The quantitative estimate of drug-likeness (QED) is 0.141. The molecule has 1 rings (SSSR count). The summed E-state index contributed by atoms with van der Waals surface area (Å²) in [5, 5.41) is 35.6. The lowest BCUT2D eigenvalue weighted by Gasteiger charge is -2.26. The van der Waals surface area contributed by atoms with Crippen LogP contribution < -0.4 is 21.7 Å². The standard InChI is InChI=1S/C25H38N4O8S/c1-4-14(2)21(25(36)37)29-23(34)18(11-12-38-3)27-24(35)19(13-15-5-7-16(30)8-6-15)28-22(33)17(26)9-10-20(31)32/h5-8,14,17-19,21,30H,4,9-13,26H2,1-3H3,(H,27,35)(H,28,33)(H,29,34)(H,31,32)(H,36,37). The Hall–Kier alpha value is -3.32. The van der Waals surface area contributed by atoms with Crippen LogP contribution >= 0.6 is 11.8 Å². The molecule has 0 spiro atoms. The molecule has 38 heavy (non-hydrogen) atoms. The van der Waals surface area contributed by atoms with Crippen molar-refractivity contribution in [3.63, 3.8) is 0 Å². The third-order valence-corrected chi connectivity index (χ3v) is 6.68. The number of nitrogens with two attached hydrogens (primary N) is 1. The van der Waals surface area contributed by atoms with E-state index >= 15 is 0 Å². The minimum Gasteiger partial charge on any atom is -0.508 e. The van der Waals surface area contributed by atoms with Crippen LogP contribution in [0.4, 0.5) is 0 Å². The second-order valence-electron chi connectivity index (χ2n) is 9.02. The van der Waals surface area contributed by atoms with E-state index in [0.29, 0.717) is 17.7 Å². The van der Waals surface area contributed by atoms with Gasteiger partial charge in [-0.05, 0) is 48.5 Å². The number of carboxylic acid groups (broad SMARTS) is 2. The summed E-state index contributed by atoms with van der Waals surface area (Å²) in [5.41, 5.74) is 6.40. The van der Waals surface area contributed by atoms with Gasteiger partial charge in [-0.1, -0.05) is 32.4 Å². The molecule has 0 aliphatic carbocycles. The van der Waals surface area contributed by atoms with Crippen LogP contribution in [0.25, 0.3) is 0 Å². The van der Waals surface area contributed by atoms with Crippen molar-refractivity contribution in [1.82, 2.24) is 16.0 Å². The maximum atomic E-state index is 13.3. The van der Waals surface area contributed by atoms with E-state index in [-0.39, 0.29) is 37.4 Å². The molecule has 0 bridgehead atoms. The van der Waals surface area contributed by atoms with Gasteiger partial charge in [0.05, 0.1) is 6.04 Å². The van der Waals surface area contributed by atoms with E-state index in [2.05, 4.69) is 16.0 Å². The summed E-state index contributed by atoms with van der Waals surface area (Å²) < 4.78 is 0. The largest absolute Gasteiger partial charge is 0.508 e. The fraction of sp³-hybridized carbons (Fsp3) is 0.560. The van der Waals surface area contributed by atoms with Crippen LogP contribution in [0.15, 0.2) is 24.3 Å². The normalized spacial score (nSPS) is 14.8. The predicted molar refractivity (Wildman–Crippen MR) is 143 cm³/mol. The molecule has 3 amide bonds. The van der Waals surface area contributed by atoms with Gasteiger partial charge in [-0.25, -0.2) is 4.79 Å². The molecule has 212 valence electrons.